The summed E-state index contributed by atoms with van der Waals surface area (Å²) in [5.74, 6) is 0.361. The molecule has 0 saturated carbocycles. The molecule has 1 aliphatic rings. The Kier molecular flexibility index (Phi) is 6.99. The molecule has 1 fully saturated rings. The van der Waals surface area contributed by atoms with E-state index < -0.39 is 6.10 Å². The Bertz CT molecular complexity index is 329. The third-order valence-corrected chi connectivity index (χ3v) is 3.59. The minimum absolute atomic E-state index is 0.0883. The second kappa shape index (κ2) is 8.25. The molecule has 20 heavy (non-hydrogen) atoms. The van der Waals surface area contributed by atoms with Gasteiger partial charge in [0.15, 0.2) is 0 Å². The van der Waals surface area contributed by atoms with E-state index in [1.165, 1.54) is 0 Å². The molecule has 2 N–H and O–H groups in total. The van der Waals surface area contributed by atoms with Gasteiger partial charge in [0.2, 0.25) is 11.8 Å². The zero-order valence-electron chi connectivity index (χ0n) is 12.9. The molecule has 1 rings (SSSR count). The molecule has 0 aromatic heterocycles. The van der Waals surface area contributed by atoms with Crippen LogP contribution >= 0.6 is 0 Å². The highest BCUT2D eigenvalue weighted by Crippen LogP contribution is 2.19. The molecule has 2 atom stereocenters. The van der Waals surface area contributed by atoms with Crippen LogP contribution in [0.25, 0.3) is 0 Å². The number of hydrogen-bond acceptors (Lipinski definition) is 3. The molecule has 1 aliphatic heterocycles. The first-order chi connectivity index (χ1) is 9.41. The fourth-order valence-electron chi connectivity index (χ4n) is 2.50. The van der Waals surface area contributed by atoms with Crippen LogP contribution in [0.15, 0.2) is 0 Å². The number of likely N-dealkylation sites (tertiary alicyclic amines) is 1. The maximum absolute atomic E-state index is 12.3. The third-order valence-electron chi connectivity index (χ3n) is 3.59. The molecule has 0 radical (unpaired) electrons. The van der Waals surface area contributed by atoms with Crippen molar-refractivity contribution in [3.63, 3.8) is 0 Å². The van der Waals surface area contributed by atoms with E-state index in [1.807, 2.05) is 0 Å². The van der Waals surface area contributed by atoms with E-state index in [9.17, 15) is 14.7 Å². The second-order valence-corrected chi connectivity index (χ2v) is 6.12. The molecule has 0 spiro atoms. The van der Waals surface area contributed by atoms with Crippen molar-refractivity contribution in [3.8, 4) is 0 Å². The molecule has 5 nitrogen and oxygen atoms in total. The lowest BCUT2D eigenvalue weighted by atomic mass is 9.98. The van der Waals surface area contributed by atoms with Crippen molar-refractivity contribution < 1.29 is 14.7 Å². The summed E-state index contributed by atoms with van der Waals surface area (Å²) >= 11 is 0. The molecule has 1 heterocycles. The molecule has 0 aromatic rings. The number of piperidine rings is 1. The van der Waals surface area contributed by atoms with Gasteiger partial charge in [-0.3, -0.25) is 9.59 Å². The summed E-state index contributed by atoms with van der Waals surface area (Å²) in [6.07, 6.45) is 3.25. The van der Waals surface area contributed by atoms with Gasteiger partial charge < -0.3 is 15.3 Å². The lowest BCUT2D eigenvalue weighted by molar-refractivity contribution is -0.143. The highest BCUT2D eigenvalue weighted by Gasteiger charge is 2.31. The van der Waals surface area contributed by atoms with E-state index in [-0.39, 0.29) is 17.9 Å². The number of rotatable bonds is 7. The maximum Gasteiger partial charge on any atom is 0.242 e. The summed E-state index contributed by atoms with van der Waals surface area (Å²) in [5.41, 5.74) is 0. The number of amides is 2. The van der Waals surface area contributed by atoms with Gasteiger partial charge in [-0.2, -0.15) is 0 Å². The van der Waals surface area contributed by atoms with Gasteiger partial charge in [-0.15, -0.1) is 0 Å². The first-order valence-corrected chi connectivity index (χ1v) is 7.67. The highest BCUT2D eigenvalue weighted by atomic mass is 16.3. The van der Waals surface area contributed by atoms with Crippen molar-refractivity contribution in [2.24, 2.45) is 5.92 Å². The number of nitrogens with one attached hydrogen (secondary N) is 1. The van der Waals surface area contributed by atoms with E-state index in [2.05, 4.69) is 19.2 Å². The average molecular weight is 284 g/mol. The summed E-state index contributed by atoms with van der Waals surface area (Å²) in [6, 6.07) is -0.364. The number of hydrogen-bond donors (Lipinski definition) is 2. The van der Waals surface area contributed by atoms with Crippen molar-refractivity contribution >= 4 is 11.8 Å². The summed E-state index contributed by atoms with van der Waals surface area (Å²) in [7, 11) is 0. The zero-order chi connectivity index (χ0) is 15.1. The highest BCUT2D eigenvalue weighted by molar-refractivity contribution is 5.88. The van der Waals surface area contributed by atoms with Crippen molar-refractivity contribution in [3.05, 3.63) is 0 Å². The van der Waals surface area contributed by atoms with Gasteiger partial charge in [0.25, 0.3) is 0 Å². The molecule has 5 heteroatoms. The topological polar surface area (TPSA) is 69.6 Å². The van der Waals surface area contributed by atoms with Gasteiger partial charge in [0.1, 0.15) is 6.04 Å². The fourth-order valence-corrected chi connectivity index (χ4v) is 2.50. The fraction of sp³-hybridized carbons (Fsp3) is 0.867. The van der Waals surface area contributed by atoms with Crippen LogP contribution in [0, 0.1) is 5.92 Å². The smallest absolute Gasteiger partial charge is 0.242 e. The molecule has 2 unspecified atom stereocenters. The Balaban J connectivity index is 2.62. The van der Waals surface area contributed by atoms with Gasteiger partial charge in [0.05, 0.1) is 6.10 Å². The van der Waals surface area contributed by atoms with Crippen LogP contribution in [0.2, 0.25) is 0 Å². The Morgan fingerprint density at radius 3 is 2.60 bits per heavy atom. The molecular weight excluding hydrogens is 256 g/mol. The monoisotopic (exact) mass is 284 g/mol. The third kappa shape index (κ3) is 5.49. The Labute approximate surface area is 121 Å². The molecular formula is C15H28N2O3. The zero-order valence-corrected chi connectivity index (χ0v) is 12.9. The number of aliphatic hydroxyl groups excluding tert-OH is 1. The lowest BCUT2D eigenvalue weighted by Crippen LogP contribution is -2.52. The van der Waals surface area contributed by atoms with Crippen LogP contribution in [0.5, 0.6) is 0 Å². The first-order valence-electron chi connectivity index (χ1n) is 7.67. The van der Waals surface area contributed by atoms with Gasteiger partial charge in [-0.05, 0) is 38.5 Å². The predicted molar refractivity (Wildman–Crippen MR) is 78.1 cm³/mol. The Hall–Kier alpha value is -1.10. The largest absolute Gasteiger partial charge is 0.393 e. The minimum atomic E-state index is -0.421. The number of nitrogens with zero attached hydrogens (tertiary/aromatic N) is 1. The lowest BCUT2D eigenvalue weighted by Gasteiger charge is -2.34. The minimum Gasteiger partial charge on any atom is -0.393 e. The molecule has 1 saturated heterocycles. The van der Waals surface area contributed by atoms with Gasteiger partial charge in [-0.25, -0.2) is 0 Å². The second-order valence-electron chi connectivity index (χ2n) is 6.12. The normalized spacial score (nSPS) is 19.1. The van der Waals surface area contributed by atoms with E-state index in [1.54, 1.807) is 11.8 Å². The van der Waals surface area contributed by atoms with Gasteiger partial charge in [0, 0.05) is 19.5 Å². The molecule has 0 aliphatic carbocycles. The number of carbonyl (C=O) groups excluding carboxylic acids is 2. The van der Waals surface area contributed by atoms with E-state index >= 15 is 0 Å². The first kappa shape index (κ1) is 17.0. The SMILES string of the molecule is CC(C)CC(C(=O)NCCC(C)O)N1CCCCC1=O. The number of aliphatic hydroxyl groups is 1. The van der Waals surface area contributed by atoms with Gasteiger partial charge in [-0.1, -0.05) is 13.8 Å². The predicted octanol–water partition coefficient (Wildman–Crippen LogP) is 1.30. The van der Waals surface area contributed by atoms with E-state index in [0.717, 1.165) is 12.8 Å². The summed E-state index contributed by atoms with van der Waals surface area (Å²) in [4.78, 5) is 26.1. The van der Waals surface area contributed by atoms with Crippen LogP contribution in [0.3, 0.4) is 0 Å². The number of carbonyl (C=O) groups is 2. The van der Waals surface area contributed by atoms with Gasteiger partial charge >= 0.3 is 0 Å². The summed E-state index contributed by atoms with van der Waals surface area (Å²) < 4.78 is 0. The molecule has 2 amide bonds. The molecule has 0 aromatic carbocycles. The Morgan fingerprint density at radius 2 is 2.05 bits per heavy atom. The van der Waals surface area contributed by atoms with E-state index in [0.29, 0.717) is 38.3 Å². The standard InChI is InChI=1S/C15H28N2O3/c1-11(2)10-13(15(20)16-8-7-12(3)18)17-9-5-4-6-14(17)19/h11-13,18H,4-10H2,1-3H3,(H,16,20). The maximum atomic E-state index is 12.3. The van der Waals surface area contributed by atoms with E-state index in [4.69, 9.17) is 0 Å². The van der Waals surface area contributed by atoms with Crippen molar-refractivity contribution in [2.75, 3.05) is 13.1 Å². The molecule has 0 bridgehead atoms. The van der Waals surface area contributed by atoms with Crippen LogP contribution in [-0.2, 0) is 9.59 Å². The summed E-state index contributed by atoms with van der Waals surface area (Å²) in [6.45, 7) is 6.95. The molecule has 116 valence electrons. The van der Waals surface area contributed by atoms with Crippen molar-refractivity contribution in [1.82, 2.24) is 10.2 Å². The average Bonchev–Trinajstić information content (AvgIpc) is 2.36. The Morgan fingerprint density at radius 1 is 1.35 bits per heavy atom. The van der Waals surface area contributed by atoms with Crippen LogP contribution < -0.4 is 5.32 Å². The van der Waals surface area contributed by atoms with Crippen LogP contribution in [0.4, 0.5) is 0 Å². The quantitative estimate of drug-likeness (QED) is 0.740. The van der Waals surface area contributed by atoms with Crippen molar-refractivity contribution in [2.45, 2.75) is 65.0 Å². The summed E-state index contributed by atoms with van der Waals surface area (Å²) in [5, 5.41) is 12.1. The van der Waals surface area contributed by atoms with Crippen LogP contribution in [0.1, 0.15) is 52.9 Å². The van der Waals surface area contributed by atoms with Crippen LogP contribution in [-0.4, -0.2) is 47.1 Å². The van der Waals surface area contributed by atoms with Crippen molar-refractivity contribution in [1.29, 1.82) is 0 Å².